The van der Waals surface area contributed by atoms with E-state index in [1.54, 1.807) is 0 Å². The van der Waals surface area contributed by atoms with E-state index in [1.165, 1.54) is 199 Å². The van der Waals surface area contributed by atoms with E-state index in [9.17, 15) is 0 Å². The van der Waals surface area contributed by atoms with Crippen LogP contribution in [0.15, 0.2) is 48.5 Å². The van der Waals surface area contributed by atoms with Crippen LogP contribution in [0.1, 0.15) is 204 Å². The van der Waals surface area contributed by atoms with Crippen molar-refractivity contribution in [2.75, 3.05) is 11.5 Å². The molecule has 2 nitrogen and oxygen atoms in total. The maximum absolute atomic E-state index is 7.10. The molecular weight excluding hydrogens is 629 g/mol. The topological polar surface area (TPSA) is 52.0 Å². The third kappa shape index (κ3) is 14.9. The Kier molecular flexibility index (Phi) is 22.6. The Balaban J connectivity index is 2.05. The summed E-state index contributed by atoms with van der Waals surface area (Å²) in [6.45, 7) is 9.23. The average Bonchev–Trinajstić information content (AvgIpc) is 3.15. The lowest BCUT2D eigenvalue weighted by atomic mass is 9.82. The molecule has 0 aliphatic carbocycles. The number of unbranched alkanes of at least 4 members (excludes halogenated alkanes) is 20. The molecule has 0 saturated carbocycles. The molecule has 0 aromatic heterocycles. The Hall–Kier alpha value is -2.74. The van der Waals surface area contributed by atoms with Crippen molar-refractivity contribution < 1.29 is 0 Å². The molecule has 3 rings (SSSR count). The van der Waals surface area contributed by atoms with Crippen LogP contribution >= 0.6 is 0 Å². The number of nitrogens with two attached hydrogens (primary N) is 2. The molecule has 0 aliphatic rings. The van der Waals surface area contributed by atoms with Crippen LogP contribution in [0.4, 0.5) is 11.4 Å². The van der Waals surface area contributed by atoms with Crippen molar-refractivity contribution in [3.05, 3.63) is 70.8 Å². The first-order valence-electron chi connectivity index (χ1n) is 22.5. The summed E-state index contributed by atoms with van der Waals surface area (Å²) in [5.74, 6) is 0. The summed E-state index contributed by atoms with van der Waals surface area (Å²) < 4.78 is 0. The van der Waals surface area contributed by atoms with Gasteiger partial charge in [0.05, 0.1) is 0 Å². The highest BCUT2D eigenvalue weighted by atomic mass is 14.6. The van der Waals surface area contributed by atoms with Gasteiger partial charge in [-0.05, 0) is 96.9 Å². The first kappa shape index (κ1) is 43.7. The third-order valence-electron chi connectivity index (χ3n) is 11.5. The van der Waals surface area contributed by atoms with Gasteiger partial charge in [-0.1, -0.05) is 193 Å². The van der Waals surface area contributed by atoms with Crippen molar-refractivity contribution in [2.24, 2.45) is 0 Å². The molecule has 0 amide bonds. The highest BCUT2D eigenvalue weighted by molar-refractivity contribution is 5.99. The van der Waals surface area contributed by atoms with Gasteiger partial charge in [-0.25, -0.2) is 0 Å². The quantitative estimate of drug-likeness (QED) is 0.0535. The van der Waals surface area contributed by atoms with Crippen LogP contribution in [0.25, 0.3) is 22.3 Å². The summed E-state index contributed by atoms with van der Waals surface area (Å²) in [5, 5.41) is 0. The van der Waals surface area contributed by atoms with Gasteiger partial charge in [0.1, 0.15) is 0 Å². The molecule has 3 aromatic rings. The molecule has 290 valence electrons. The van der Waals surface area contributed by atoms with Crippen LogP contribution in [0.5, 0.6) is 0 Å². The van der Waals surface area contributed by atoms with E-state index in [-0.39, 0.29) is 0 Å². The van der Waals surface area contributed by atoms with Gasteiger partial charge in [-0.15, -0.1) is 0 Å². The lowest BCUT2D eigenvalue weighted by Gasteiger charge is -2.23. The molecule has 0 unspecified atom stereocenters. The predicted octanol–water partition coefficient (Wildman–Crippen LogP) is 15.8. The van der Waals surface area contributed by atoms with Crippen LogP contribution in [-0.4, -0.2) is 0 Å². The molecule has 0 spiro atoms. The summed E-state index contributed by atoms with van der Waals surface area (Å²) >= 11 is 0. The van der Waals surface area contributed by atoms with Crippen LogP contribution < -0.4 is 11.5 Å². The molecule has 0 heterocycles. The largest absolute Gasteiger partial charge is 0.398 e. The van der Waals surface area contributed by atoms with E-state index in [2.05, 4.69) is 76.2 Å². The molecule has 0 bridgehead atoms. The maximum Gasteiger partial charge on any atom is 0.0401 e. The van der Waals surface area contributed by atoms with Gasteiger partial charge >= 0.3 is 0 Å². The van der Waals surface area contributed by atoms with Crippen molar-refractivity contribution in [3.63, 3.8) is 0 Å². The zero-order chi connectivity index (χ0) is 37.2. The highest BCUT2D eigenvalue weighted by Gasteiger charge is 2.22. The van der Waals surface area contributed by atoms with Crippen molar-refractivity contribution in [1.82, 2.24) is 0 Å². The van der Waals surface area contributed by atoms with Gasteiger partial charge in [-0.3, -0.25) is 0 Å². The predicted molar refractivity (Wildman–Crippen MR) is 234 cm³/mol. The Bertz CT molecular complexity index is 1270. The van der Waals surface area contributed by atoms with E-state index in [0.717, 1.165) is 37.1 Å². The molecule has 52 heavy (non-hydrogen) atoms. The van der Waals surface area contributed by atoms with Gasteiger partial charge < -0.3 is 11.5 Å². The highest BCUT2D eigenvalue weighted by Crippen LogP contribution is 2.45. The molecule has 3 aromatic carbocycles. The van der Waals surface area contributed by atoms with Crippen LogP contribution in [-0.2, 0) is 25.7 Å². The number of rotatable bonds is 30. The van der Waals surface area contributed by atoms with Crippen LogP contribution in [0.3, 0.4) is 0 Å². The standard InChI is InChI=1S/C50H80N2/c1-5-9-13-17-21-25-31-41-33-29-37-45(43(41)35-27-23-19-15-11-7-3)49-47(51)39-40-48(52)50(49)46-38-30-34-42(32-26-22-18-14-10-6-2)44(46)36-28-24-20-16-12-8-4/h29-30,33-34,37-40H,5-28,31-32,35-36,51-52H2,1-4H3. The smallest absolute Gasteiger partial charge is 0.0401 e. The van der Waals surface area contributed by atoms with E-state index >= 15 is 0 Å². The number of aryl methyl sites for hydroxylation is 2. The minimum atomic E-state index is 0.858. The third-order valence-corrected chi connectivity index (χ3v) is 11.5. The second-order valence-electron chi connectivity index (χ2n) is 16.0. The minimum Gasteiger partial charge on any atom is -0.398 e. The Morgan fingerprint density at radius 1 is 0.327 bits per heavy atom. The fourth-order valence-electron chi connectivity index (χ4n) is 8.37. The van der Waals surface area contributed by atoms with Crippen LogP contribution in [0, 0.1) is 0 Å². The fraction of sp³-hybridized carbons (Fsp3) is 0.640. The summed E-state index contributed by atoms with van der Waals surface area (Å²) in [6, 6.07) is 18.3. The van der Waals surface area contributed by atoms with Gasteiger partial charge in [0.2, 0.25) is 0 Å². The first-order valence-corrected chi connectivity index (χ1v) is 22.5. The second kappa shape index (κ2) is 26.9. The normalized spacial score (nSPS) is 11.5. The molecule has 0 saturated heterocycles. The Morgan fingerprint density at radius 3 is 0.942 bits per heavy atom. The number of nitrogen functional groups attached to an aromatic ring is 2. The van der Waals surface area contributed by atoms with Crippen molar-refractivity contribution in [2.45, 2.75) is 207 Å². The Labute approximate surface area is 322 Å². The van der Waals surface area contributed by atoms with Crippen molar-refractivity contribution in [3.8, 4) is 22.3 Å². The van der Waals surface area contributed by atoms with Gasteiger partial charge in [0.25, 0.3) is 0 Å². The van der Waals surface area contributed by atoms with E-state index < -0.39 is 0 Å². The van der Waals surface area contributed by atoms with Gasteiger partial charge in [-0.2, -0.15) is 0 Å². The van der Waals surface area contributed by atoms with Crippen molar-refractivity contribution in [1.29, 1.82) is 0 Å². The number of anilines is 2. The number of hydrogen-bond acceptors (Lipinski definition) is 2. The molecule has 0 fully saturated rings. The molecule has 0 radical (unpaired) electrons. The minimum absolute atomic E-state index is 0.858. The number of hydrogen-bond donors (Lipinski definition) is 2. The molecule has 4 N–H and O–H groups in total. The van der Waals surface area contributed by atoms with E-state index in [0.29, 0.717) is 0 Å². The second-order valence-corrected chi connectivity index (χ2v) is 16.0. The van der Waals surface area contributed by atoms with Crippen molar-refractivity contribution >= 4 is 11.4 Å². The molecule has 0 atom stereocenters. The SMILES string of the molecule is CCCCCCCCc1cccc(-c2c(N)ccc(N)c2-c2cccc(CCCCCCCC)c2CCCCCCCC)c1CCCCCCCC. The molecular formula is C50H80N2. The molecule has 2 heteroatoms. The van der Waals surface area contributed by atoms with Gasteiger partial charge in [0.15, 0.2) is 0 Å². The monoisotopic (exact) mass is 709 g/mol. The lowest BCUT2D eigenvalue weighted by molar-refractivity contribution is 0.599. The van der Waals surface area contributed by atoms with Crippen LogP contribution in [0.2, 0.25) is 0 Å². The Morgan fingerprint density at radius 2 is 0.615 bits per heavy atom. The summed E-state index contributed by atoms with van der Waals surface area (Å²) in [7, 11) is 0. The molecule has 0 aliphatic heterocycles. The summed E-state index contributed by atoms with van der Waals surface area (Å²) in [5.41, 5.74) is 27.0. The zero-order valence-corrected chi connectivity index (χ0v) is 34.6. The van der Waals surface area contributed by atoms with E-state index in [4.69, 9.17) is 11.5 Å². The summed E-state index contributed by atoms with van der Waals surface area (Å²) in [6.07, 6.45) is 36.2. The number of benzene rings is 3. The van der Waals surface area contributed by atoms with E-state index in [1.807, 2.05) is 0 Å². The zero-order valence-electron chi connectivity index (χ0n) is 34.6. The average molecular weight is 709 g/mol. The maximum atomic E-state index is 7.10. The fourth-order valence-corrected chi connectivity index (χ4v) is 8.37. The lowest BCUT2D eigenvalue weighted by Crippen LogP contribution is -2.06. The summed E-state index contributed by atoms with van der Waals surface area (Å²) in [4.78, 5) is 0. The first-order chi connectivity index (χ1) is 25.6. The van der Waals surface area contributed by atoms with Gasteiger partial charge in [0, 0.05) is 22.5 Å².